The normalized spacial score (nSPS) is 20.4. The zero-order valence-corrected chi connectivity index (χ0v) is 12.5. The molecule has 1 saturated heterocycles. The van der Waals surface area contributed by atoms with Crippen molar-refractivity contribution in [3.63, 3.8) is 0 Å². The second-order valence-electron chi connectivity index (χ2n) is 5.22. The van der Waals surface area contributed by atoms with Gasteiger partial charge >= 0.3 is 0 Å². The van der Waals surface area contributed by atoms with Gasteiger partial charge in [-0.15, -0.1) is 0 Å². The van der Waals surface area contributed by atoms with Crippen LogP contribution in [0.2, 0.25) is 0 Å². The number of benzene rings is 2. The highest BCUT2D eigenvalue weighted by Crippen LogP contribution is 2.27. The Morgan fingerprint density at radius 2 is 1.95 bits per heavy atom. The Morgan fingerprint density at radius 1 is 1.14 bits per heavy atom. The first-order valence-corrected chi connectivity index (χ1v) is 7.26. The maximum atomic E-state index is 5.83. The van der Waals surface area contributed by atoms with Gasteiger partial charge in [-0.25, -0.2) is 0 Å². The molecule has 0 bridgehead atoms. The molecule has 1 N–H and O–H groups in total. The van der Waals surface area contributed by atoms with Crippen molar-refractivity contribution in [2.24, 2.45) is 0 Å². The van der Waals surface area contributed by atoms with Crippen LogP contribution in [0.1, 0.15) is 11.6 Å². The van der Waals surface area contributed by atoms with Gasteiger partial charge in [-0.3, -0.25) is 0 Å². The average Bonchev–Trinajstić information content (AvgIpc) is 2.56. The molecule has 0 spiro atoms. The lowest BCUT2D eigenvalue weighted by Gasteiger charge is -2.30. The van der Waals surface area contributed by atoms with Crippen LogP contribution in [0.15, 0.2) is 36.4 Å². The lowest BCUT2D eigenvalue weighted by Crippen LogP contribution is -2.39. The Bertz CT molecular complexity index is 608. The summed E-state index contributed by atoms with van der Waals surface area (Å²) in [6, 6.07) is 12.7. The molecule has 2 aromatic rings. The third-order valence-electron chi connectivity index (χ3n) is 3.96. The van der Waals surface area contributed by atoms with E-state index in [0.29, 0.717) is 19.8 Å². The smallest absolute Gasteiger partial charge is 0.119 e. The average molecular weight is 287 g/mol. The maximum absolute atomic E-state index is 5.83. The van der Waals surface area contributed by atoms with E-state index in [1.807, 2.05) is 19.2 Å². The molecule has 0 aliphatic carbocycles. The molecule has 4 nitrogen and oxygen atoms in total. The van der Waals surface area contributed by atoms with Crippen LogP contribution < -0.4 is 10.1 Å². The molecule has 0 saturated carbocycles. The molecule has 3 rings (SSSR count). The first-order chi connectivity index (χ1) is 10.3. The SMILES string of the molecule is CNC(c1ccc2cc(OC)ccc2c1)C1COCCO1. The van der Waals surface area contributed by atoms with Gasteiger partial charge in [0.2, 0.25) is 0 Å². The Labute approximate surface area is 125 Å². The lowest BCUT2D eigenvalue weighted by molar-refractivity contribution is -0.101. The summed E-state index contributed by atoms with van der Waals surface area (Å²) in [7, 11) is 3.65. The van der Waals surface area contributed by atoms with Crippen LogP contribution in [0.3, 0.4) is 0 Å². The molecule has 4 heteroatoms. The fraction of sp³-hybridized carbons (Fsp3) is 0.412. The van der Waals surface area contributed by atoms with Crippen LogP contribution in [-0.2, 0) is 9.47 Å². The Balaban J connectivity index is 1.91. The fourth-order valence-corrected chi connectivity index (χ4v) is 2.83. The summed E-state index contributed by atoms with van der Waals surface area (Å²) >= 11 is 0. The molecule has 21 heavy (non-hydrogen) atoms. The van der Waals surface area contributed by atoms with Gasteiger partial charge in [0.1, 0.15) is 11.9 Å². The summed E-state index contributed by atoms with van der Waals surface area (Å²) in [6.07, 6.45) is 0.0550. The van der Waals surface area contributed by atoms with E-state index in [9.17, 15) is 0 Å². The minimum absolute atomic E-state index is 0.0550. The Kier molecular flexibility index (Phi) is 4.39. The van der Waals surface area contributed by atoms with Gasteiger partial charge in [0.05, 0.1) is 33.0 Å². The van der Waals surface area contributed by atoms with Crippen molar-refractivity contribution in [2.45, 2.75) is 12.1 Å². The zero-order valence-electron chi connectivity index (χ0n) is 12.5. The third kappa shape index (κ3) is 3.02. The van der Waals surface area contributed by atoms with Crippen molar-refractivity contribution in [1.82, 2.24) is 5.32 Å². The van der Waals surface area contributed by atoms with Crippen molar-refractivity contribution >= 4 is 10.8 Å². The molecular formula is C17H21NO3. The molecule has 1 heterocycles. The molecule has 2 atom stereocenters. The van der Waals surface area contributed by atoms with Gasteiger partial charge < -0.3 is 19.5 Å². The van der Waals surface area contributed by atoms with Gasteiger partial charge in [-0.2, -0.15) is 0 Å². The van der Waals surface area contributed by atoms with E-state index >= 15 is 0 Å². The quantitative estimate of drug-likeness (QED) is 0.938. The van der Waals surface area contributed by atoms with Crippen LogP contribution in [0, 0.1) is 0 Å². The molecule has 1 aliphatic heterocycles. The van der Waals surface area contributed by atoms with Crippen molar-refractivity contribution in [2.75, 3.05) is 34.0 Å². The van der Waals surface area contributed by atoms with Crippen LogP contribution in [-0.4, -0.2) is 40.1 Å². The van der Waals surface area contributed by atoms with E-state index < -0.39 is 0 Å². The first kappa shape index (κ1) is 14.3. The molecular weight excluding hydrogens is 266 g/mol. The Hall–Kier alpha value is -1.62. The molecule has 1 fully saturated rings. The highest BCUT2D eigenvalue weighted by atomic mass is 16.6. The summed E-state index contributed by atoms with van der Waals surface area (Å²) in [5.41, 5.74) is 1.21. The predicted octanol–water partition coefficient (Wildman–Crippen LogP) is 2.52. The number of ether oxygens (including phenoxy) is 3. The molecule has 0 radical (unpaired) electrons. The van der Waals surface area contributed by atoms with E-state index in [1.54, 1.807) is 7.11 Å². The van der Waals surface area contributed by atoms with Gasteiger partial charge in [0.15, 0.2) is 0 Å². The van der Waals surface area contributed by atoms with Crippen LogP contribution in [0.25, 0.3) is 10.8 Å². The van der Waals surface area contributed by atoms with Crippen molar-refractivity contribution in [3.8, 4) is 5.75 Å². The van der Waals surface area contributed by atoms with E-state index in [1.165, 1.54) is 16.3 Å². The minimum atomic E-state index is 0.0550. The summed E-state index contributed by atoms with van der Waals surface area (Å²) in [5, 5.41) is 5.72. The molecule has 112 valence electrons. The summed E-state index contributed by atoms with van der Waals surface area (Å²) < 4.78 is 16.6. The summed E-state index contributed by atoms with van der Waals surface area (Å²) in [4.78, 5) is 0. The molecule has 2 unspecified atom stereocenters. The maximum Gasteiger partial charge on any atom is 0.119 e. The van der Waals surface area contributed by atoms with Gasteiger partial charge in [0.25, 0.3) is 0 Å². The lowest BCUT2D eigenvalue weighted by atomic mass is 9.98. The highest BCUT2D eigenvalue weighted by Gasteiger charge is 2.25. The number of methoxy groups -OCH3 is 1. The zero-order chi connectivity index (χ0) is 14.7. The number of rotatable bonds is 4. The van der Waals surface area contributed by atoms with Crippen molar-refractivity contribution in [3.05, 3.63) is 42.0 Å². The predicted molar refractivity (Wildman–Crippen MR) is 82.9 cm³/mol. The number of hydrogen-bond acceptors (Lipinski definition) is 4. The molecule has 1 aliphatic rings. The number of likely N-dealkylation sites (N-methyl/N-ethyl adjacent to an activating group) is 1. The number of hydrogen-bond donors (Lipinski definition) is 1. The second-order valence-corrected chi connectivity index (χ2v) is 5.22. The molecule has 2 aromatic carbocycles. The Morgan fingerprint density at radius 3 is 2.67 bits per heavy atom. The van der Waals surface area contributed by atoms with E-state index in [0.717, 1.165) is 5.75 Å². The molecule has 0 aromatic heterocycles. The van der Waals surface area contributed by atoms with Crippen molar-refractivity contribution in [1.29, 1.82) is 0 Å². The van der Waals surface area contributed by atoms with E-state index in [-0.39, 0.29) is 12.1 Å². The monoisotopic (exact) mass is 287 g/mol. The molecule has 0 amide bonds. The first-order valence-electron chi connectivity index (χ1n) is 7.26. The van der Waals surface area contributed by atoms with Gasteiger partial charge in [0, 0.05) is 0 Å². The number of nitrogens with one attached hydrogen (secondary N) is 1. The van der Waals surface area contributed by atoms with Crippen LogP contribution in [0.4, 0.5) is 0 Å². The minimum Gasteiger partial charge on any atom is -0.497 e. The van der Waals surface area contributed by atoms with Gasteiger partial charge in [-0.1, -0.05) is 18.2 Å². The van der Waals surface area contributed by atoms with E-state index in [2.05, 4.69) is 29.6 Å². The standard InChI is InChI=1S/C17H21NO3/c1-18-17(16-11-20-7-8-21-16)14-4-3-13-10-15(19-2)6-5-12(13)9-14/h3-6,9-10,16-18H,7-8,11H2,1-2H3. The van der Waals surface area contributed by atoms with E-state index in [4.69, 9.17) is 14.2 Å². The van der Waals surface area contributed by atoms with Crippen LogP contribution in [0.5, 0.6) is 5.75 Å². The topological polar surface area (TPSA) is 39.7 Å². The van der Waals surface area contributed by atoms with Crippen molar-refractivity contribution < 1.29 is 14.2 Å². The van der Waals surface area contributed by atoms with Crippen LogP contribution >= 0.6 is 0 Å². The fourth-order valence-electron chi connectivity index (χ4n) is 2.83. The highest BCUT2D eigenvalue weighted by molar-refractivity contribution is 5.84. The summed E-state index contributed by atoms with van der Waals surface area (Å²) in [6.45, 7) is 1.98. The summed E-state index contributed by atoms with van der Waals surface area (Å²) in [5.74, 6) is 0.879. The number of fused-ring (bicyclic) bond motifs is 1. The van der Waals surface area contributed by atoms with Gasteiger partial charge in [-0.05, 0) is 41.6 Å². The largest absolute Gasteiger partial charge is 0.497 e. The third-order valence-corrected chi connectivity index (χ3v) is 3.96. The second kappa shape index (κ2) is 6.43.